The summed E-state index contributed by atoms with van der Waals surface area (Å²) in [6, 6.07) is 11.7. The summed E-state index contributed by atoms with van der Waals surface area (Å²) in [6.07, 6.45) is 0.415. The normalized spacial score (nSPS) is 12.8. The van der Waals surface area contributed by atoms with Gasteiger partial charge in [0.1, 0.15) is 0 Å². The zero-order chi connectivity index (χ0) is 15.9. The zero-order valence-corrected chi connectivity index (χ0v) is 12.9. The Balaban J connectivity index is 2.07. The highest BCUT2D eigenvalue weighted by Gasteiger charge is 2.19. The molecule has 2 aromatic rings. The third-order valence-electron chi connectivity index (χ3n) is 4.01. The van der Waals surface area contributed by atoms with Gasteiger partial charge in [0, 0.05) is 25.3 Å². The molecule has 112 valence electrons. The van der Waals surface area contributed by atoms with Crippen LogP contribution >= 0.6 is 0 Å². The molecule has 0 saturated carbocycles. The molecule has 0 saturated heterocycles. The van der Waals surface area contributed by atoms with E-state index in [2.05, 4.69) is 5.32 Å². The second-order valence-corrected chi connectivity index (χ2v) is 5.77. The monoisotopic (exact) mass is 294 g/mol. The number of carbonyl (C=O) groups excluding carboxylic acids is 2. The van der Waals surface area contributed by atoms with Crippen LogP contribution in [-0.4, -0.2) is 30.8 Å². The number of anilines is 1. The van der Waals surface area contributed by atoms with Gasteiger partial charge in [-0.1, -0.05) is 18.2 Å². The van der Waals surface area contributed by atoms with E-state index in [0.717, 1.165) is 27.9 Å². The van der Waals surface area contributed by atoms with Crippen molar-refractivity contribution in [3.63, 3.8) is 0 Å². The van der Waals surface area contributed by atoms with Crippen molar-refractivity contribution in [1.29, 1.82) is 0 Å². The molecule has 0 bridgehead atoms. The van der Waals surface area contributed by atoms with E-state index >= 15 is 0 Å². The Labute approximate surface area is 129 Å². The Bertz CT molecular complexity index is 779. The lowest BCUT2D eigenvalue weighted by Crippen LogP contribution is -2.22. The lowest BCUT2D eigenvalue weighted by atomic mass is 9.94. The van der Waals surface area contributed by atoms with Crippen molar-refractivity contribution in [1.82, 2.24) is 4.90 Å². The van der Waals surface area contributed by atoms with Crippen LogP contribution < -0.4 is 5.32 Å². The third kappa shape index (κ3) is 2.37. The summed E-state index contributed by atoms with van der Waals surface area (Å²) in [5.74, 6) is 0.0257. The molecule has 22 heavy (non-hydrogen) atoms. The summed E-state index contributed by atoms with van der Waals surface area (Å²) in [7, 11) is 3.50. The highest BCUT2D eigenvalue weighted by molar-refractivity contribution is 6.00. The van der Waals surface area contributed by atoms with E-state index in [0.29, 0.717) is 12.0 Å². The van der Waals surface area contributed by atoms with E-state index in [4.69, 9.17) is 0 Å². The van der Waals surface area contributed by atoms with Crippen LogP contribution in [0.25, 0.3) is 11.1 Å². The fourth-order valence-corrected chi connectivity index (χ4v) is 2.82. The molecule has 0 aliphatic carbocycles. The maximum absolute atomic E-state index is 12.3. The van der Waals surface area contributed by atoms with Gasteiger partial charge in [-0.15, -0.1) is 0 Å². The Morgan fingerprint density at radius 2 is 1.95 bits per heavy atom. The molecule has 1 aliphatic rings. The number of fused-ring (bicyclic) bond motifs is 1. The number of benzene rings is 2. The van der Waals surface area contributed by atoms with Crippen molar-refractivity contribution in [2.45, 2.75) is 13.3 Å². The van der Waals surface area contributed by atoms with Crippen molar-refractivity contribution in [2.75, 3.05) is 19.4 Å². The highest BCUT2D eigenvalue weighted by Crippen LogP contribution is 2.31. The number of hydrogen-bond acceptors (Lipinski definition) is 2. The van der Waals surface area contributed by atoms with Gasteiger partial charge in [0.15, 0.2) is 0 Å². The van der Waals surface area contributed by atoms with Crippen molar-refractivity contribution < 1.29 is 9.59 Å². The molecule has 2 aromatic carbocycles. The van der Waals surface area contributed by atoms with Gasteiger partial charge >= 0.3 is 0 Å². The molecule has 0 fully saturated rings. The molecule has 1 heterocycles. The van der Waals surface area contributed by atoms with Crippen molar-refractivity contribution in [3.8, 4) is 11.1 Å². The first kappa shape index (κ1) is 14.3. The summed E-state index contributed by atoms with van der Waals surface area (Å²) in [6.45, 7) is 1.96. The Morgan fingerprint density at radius 3 is 2.68 bits per heavy atom. The smallest absolute Gasteiger partial charge is 0.253 e. The second-order valence-electron chi connectivity index (χ2n) is 5.77. The summed E-state index contributed by atoms with van der Waals surface area (Å²) in [4.78, 5) is 25.3. The lowest BCUT2D eigenvalue weighted by Gasteiger charge is -2.15. The Kier molecular flexibility index (Phi) is 3.45. The van der Waals surface area contributed by atoms with Gasteiger partial charge in [-0.3, -0.25) is 9.59 Å². The maximum Gasteiger partial charge on any atom is 0.253 e. The number of hydrogen-bond donors (Lipinski definition) is 1. The molecular formula is C18H18N2O2. The molecule has 2 amide bonds. The van der Waals surface area contributed by atoms with Crippen LogP contribution in [0.3, 0.4) is 0 Å². The van der Waals surface area contributed by atoms with E-state index in [-0.39, 0.29) is 11.8 Å². The number of rotatable bonds is 2. The third-order valence-corrected chi connectivity index (χ3v) is 4.01. The fraction of sp³-hybridized carbons (Fsp3) is 0.222. The van der Waals surface area contributed by atoms with Crippen LogP contribution in [-0.2, 0) is 11.2 Å². The predicted molar refractivity (Wildman–Crippen MR) is 87.0 cm³/mol. The van der Waals surface area contributed by atoms with E-state index < -0.39 is 0 Å². The lowest BCUT2D eigenvalue weighted by molar-refractivity contribution is -0.115. The van der Waals surface area contributed by atoms with E-state index in [1.54, 1.807) is 19.0 Å². The van der Waals surface area contributed by atoms with Crippen LogP contribution in [0.15, 0.2) is 36.4 Å². The molecule has 0 spiro atoms. The highest BCUT2D eigenvalue weighted by atomic mass is 16.2. The molecule has 0 aromatic heterocycles. The van der Waals surface area contributed by atoms with Gasteiger partial charge in [0.2, 0.25) is 5.91 Å². The van der Waals surface area contributed by atoms with Crippen LogP contribution in [0.1, 0.15) is 21.5 Å². The number of nitrogens with one attached hydrogen (secondary N) is 1. The topological polar surface area (TPSA) is 49.4 Å². The summed E-state index contributed by atoms with van der Waals surface area (Å²) in [5, 5.41) is 2.84. The van der Waals surface area contributed by atoms with Gasteiger partial charge in [0.05, 0.1) is 6.42 Å². The van der Waals surface area contributed by atoms with Crippen LogP contribution in [0.5, 0.6) is 0 Å². The molecule has 1 aliphatic heterocycles. The first-order chi connectivity index (χ1) is 10.5. The van der Waals surface area contributed by atoms with Gasteiger partial charge in [0.25, 0.3) is 5.91 Å². The second kappa shape index (κ2) is 5.30. The van der Waals surface area contributed by atoms with E-state index in [1.165, 1.54) is 0 Å². The van der Waals surface area contributed by atoms with Crippen LogP contribution in [0.2, 0.25) is 0 Å². The number of nitrogens with zero attached hydrogens (tertiary/aromatic N) is 1. The van der Waals surface area contributed by atoms with E-state index in [1.807, 2.05) is 43.3 Å². The minimum absolute atomic E-state index is 0.00245. The van der Waals surface area contributed by atoms with Crippen LogP contribution in [0.4, 0.5) is 5.69 Å². The molecular weight excluding hydrogens is 276 g/mol. The van der Waals surface area contributed by atoms with Crippen molar-refractivity contribution in [3.05, 3.63) is 53.1 Å². The quantitative estimate of drug-likeness (QED) is 0.926. The van der Waals surface area contributed by atoms with Gasteiger partial charge in [-0.25, -0.2) is 0 Å². The zero-order valence-electron chi connectivity index (χ0n) is 12.9. The molecule has 3 rings (SSSR count). The average molecular weight is 294 g/mol. The minimum atomic E-state index is -0.00245. The Hall–Kier alpha value is -2.62. The van der Waals surface area contributed by atoms with E-state index in [9.17, 15) is 9.59 Å². The van der Waals surface area contributed by atoms with Crippen LogP contribution in [0, 0.1) is 6.92 Å². The van der Waals surface area contributed by atoms with Gasteiger partial charge in [-0.05, 0) is 47.4 Å². The average Bonchev–Trinajstić information content (AvgIpc) is 2.85. The first-order valence-electron chi connectivity index (χ1n) is 7.22. The Morgan fingerprint density at radius 1 is 1.18 bits per heavy atom. The van der Waals surface area contributed by atoms with Gasteiger partial charge < -0.3 is 10.2 Å². The molecule has 0 unspecified atom stereocenters. The largest absolute Gasteiger partial charge is 0.345 e. The first-order valence-corrected chi connectivity index (χ1v) is 7.22. The molecule has 4 nitrogen and oxygen atoms in total. The summed E-state index contributed by atoms with van der Waals surface area (Å²) >= 11 is 0. The molecule has 4 heteroatoms. The molecule has 0 atom stereocenters. The van der Waals surface area contributed by atoms with Gasteiger partial charge in [-0.2, -0.15) is 0 Å². The number of amides is 2. The summed E-state index contributed by atoms with van der Waals surface area (Å²) in [5.41, 5.74) is 5.60. The number of carbonyl (C=O) groups is 2. The molecule has 0 radical (unpaired) electrons. The standard InChI is InChI=1S/C18H18N2O2/c1-11-14(5-4-6-15(11)18(22)20(2)3)12-7-8-16-13(9-12)10-17(21)19-16/h4-9H,10H2,1-3H3,(H,19,21). The van der Waals surface area contributed by atoms with Crippen molar-refractivity contribution >= 4 is 17.5 Å². The maximum atomic E-state index is 12.3. The fourth-order valence-electron chi connectivity index (χ4n) is 2.82. The van der Waals surface area contributed by atoms with Crippen molar-refractivity contribution in [2.24, 2.45) is 0 Å². The molecule has 1 N–H and O–H groups in total. The predicted octanol–water partition coefficient (Wildman–Crippen LogP) is 2.86. The minimum Gasteiger partial charge on any atom is -0.345 e. The SMILES string of the molecule is Cc1c(C(=O)N(C)C)cccc1-c1ccc2c(c1)CC(=O)N2. The summed E-state index contributed by atoms with van der Waals surface area (Å²) < 4.78 is 0.